The molecule has 0 unspecified atom stereocenters. The molecule has 1 amide bonds. The Morgan fingerprint density at radius 3 is 1.62 bits per heavy atom. The minimum Gasteiger partial charge on any atom is -0.489 e. The third-order valence-corrected chi connectivity index (χ3v) is 8.44. The molecule has 0 atom stereocenters. The molecule has 0 radical (unpaired) electrons. The Morgan fingerprint density at radius 2 is 1.16 bits per heavy atom. The molecule has 0 aliphatic carbocycles. The van der Waals surface area contributed by atoms with Gasteiger partial charge in [-0.2, -0.15) is 10.2 Å². The van der Waals surface area contributed by atoms with Crippen LogP contribution in [-0.4, -0.2) is 42.3 Å². The van der Waals surface area contributed by atoms with Gasteiger partial charge in [-0.15, -0.1) is 0 Å². The van der Waals surface area contributed by atoms with E-state index in [0.717, 1.165) is 39.4 Å². The third-order valence-electron chi connectivity index (χ3n) is 7.97. The van der Waals surface area contributed by atoms with Crippen LogP contribution >= 0.6 is 23.2 Å². The van der Waals surface area contributed by atoms with Crippen molar-refractivity contribution in [1.82, 2.24) is 19.6 Å². The highest BCUT2D eigenvalue weighted by molar-refractivity contribution is 6.31. The van der Waals surface area contributed by atoms with Crippen molar-refractivity contribution in [3.8, 4) is 11.5 Å². The number of ether oxygens (including phenoxy) is 3. The molecule has 0 aliphatic rings. The zero-order chi connectivity index (χ0) is 39.5. The van der Waals surface area contributed by atoms with E-state index in [0.29, 0.717) is 47.9 Å². The first kappa shape index (κ1) is 40.4. The van der Waals surface area contributed by atoms with Gasteiger partial charge in [0.15, 0.2) is 11.5 Å². The summed E-state index contributed by atoms with van der Waals surface area (Å²) in [5, 5.41) is 21.5. The molecular formula is C42H43Cl2N5O6. The highest BCUT2D eigenvalue weighted by Gasteiger charge is 2.18. The molecule has 11 nitrogen and oxygen atoms in total. The van der Waals surface area contributed by atoms with Crippen molar-refractivity contribution in [2.75, 3.05) is 5.32 Å². The number of nitrogens with one attached hydrogen (secondary N) is 1. The van der Waals surface area contributed by atoms with Crippen molar-refractivity contribution in [2.24, 2.45) is 0 Å². The quantitative estimate of drug-likeness (QED) is 0.126. The number of carbonyl (C=O) groups excluding carboxylic acids is 1. The number of aryl methyl sites for hydroxylation is 2. The zero-order valence-electron chi connectivity index (χ0n) is 31.3. The number of rotatable bonds is 12. The lowest BCUT2D eigenvalue weighted by atomic mass is 10.2. The van der Waals surface area contributed by atoms with Crippen LogP contribution in [0.15, 0.2) is 109 Å². The van der Waals surface area contributed by atoms with Gasteiger partial charge in [0.1, 0.15) is 30.3 Å². The van der Waals surface area contributed by atoms with Gasteiger partial charge < -0.3 is 19.3 Å². The molecule has 0 bridgehead atoms. The lowest BCUT2D eigenvalue weighted by Crippen LogP contribution is -2.27. The van der Waals surface area contributed by atoms with E-state index in [9.17, 15) is 9.59 Å². The van der Waals surface area contributed by atoms with Crippen molar-refractivity contribution in [2.45, 2.75) is 66.5 Å². The van der Waals surface area contributed by atoms with Crippen LogP contribution < -0.4 is 14.8 Å². The molecule has 286 valence electrons. The summed E-state index contributed by atoms with van der Waals surface area (Å²) in [7, 11) is 0. The van der Waals surface area contributed by atoms with Gasteiger partial charge in [0.05, 0.1) is 13.1 Å². The van der Waals surface area contributed by atoms with Crippen LogP contribution in [-0.2, 0) is 31.0 Å². The molecule has 6 aromatic rings. The average molecular weight is 785 g/mol. The summed E-state index contributed by atoms with van der Waals surface area (Å²) < 4.78 is 20.7. The second kappa shape index (κ2) is 18.5. The molecule has 4 aromatic carbocycles. The maximum Gasteiger partial charge on any atom is 0.413 e. The number of hydrogen-bond donors (Lipinski definition) is 2. The molecule has 0 saturated heterocycles. The van der Waals surface area contributed by atoms with E-state index in [-0.39, 0.29) is 5.69 Å². The summed E-state index contributed by atoms with van der Waals surface area (Å²) in [5.74, 6) is 0.809. The van der Waals surface area contributed by atoms with Gasteiger partial charge in [0.25, 0.3) is 0 Å². The van der Waals surface area contributed by atoms with Crippen LogP contribution in [0.1, 0.15) is 64.9 Å². The second-order valence-electron chi connectivity index (χ2n) is 13.6. The summed E-state index contributed by atoms with van der Waals surface area (Å²) in [6.07, 6.45) is -0.540. The van der Waals surface area contributed by atoms with Crippen LogP contribution in [0.5, 0.6) is 11.5 Å². The number of nitrogens with zero attached hydrogens (tertiary/aromatic N) is 4. The Hall–Kier alpha value is -5.78. The van der Waals surface area contributed by atoms with E-state index in [2.05, 4.69) is 15.5 Å². The van der Waals surface area contributed by atoms with E-state index in [1.807, 2.05) is 120 Å². The maximum absolute atomic E-state index is 12.0. The van der Waals surface area contributed by atoms with Gasteiger partial charge >= 0.3 is 12.1 Å². The van der Waals surface area contributed by atoms with E-state index in [1.165, 1.54) is 6.07 Å². The molecule has 0 saturated carbocycles. The molecular weight excluding hydrogens is 741 g/mol. The first-order valence-corrected chi connectivity index (χ1v) is 18.2. The van der Waals surface area contributed by atoms with Crippen molar-refractivity contribution in [3.63, 3.8) is 0 Å². The minimum absolute atomic E-state index is 0.0197. The van der Waals surface area contributed by atoms with Crippen molar-refractivity contribution < 1.29 is 28.9 Å². The number of anilines is 1. The second-order valence-corrected chi connectivity index (χ2v) is 14.5. The fourth-order valence-corrected chi connectivity index (χ4v) is 5.72. The number of amides is 1. The van der Waals surface area contributed by atoms with Gasteiger partial charge in [-0.25, -0.2) is 9.59 Å². The molecule has 6 rings (SSSR count). The summed E-state index contributed by atoms with van der Waals surface area (Å²) in [6, 6.07) is 34.1. The van der Waals surface area contributed by atoms with E-state index >= 15 is 0 Å². The van der Waals surface area contributed by atoms with Crippen molar-refractivity contribution >= 4 is 41.1 Å². The number of benzene rings is 4. The molecule has 0 spiro atoms. The van der Waals surface area contributed by atoms with Crippen molar-refractivity contribution in [3.05, 3.63) is 159 Å². The van der Waals surface area contributed by atoms with Crippen LogP contribution in [0, 0.1) is 13.8 Å². The number of carbonyl (C=O) groups is 2. The number of aromatic carboxylic acids is 1. The Bertz CT molecular complexity index is 2220. The molecule has 55 heavy (non-hydrogen) atoms. The number of carboxylic acids is 1. The molecule has 0 aliphatic heterocycles. The summed E-state index contributed by atoms with van der Waals surface area (Å²) in [5.41, 5.74) is 4.96. The summed E-state index contributed by atoms with van der Waals surface area (Å²) in [4.78, 5) is 23.1. The summed E-state index contributed by atoms with van der Waals surface area (Å²) >= 11 is 12.3. The molecule has 0 fully saturated rings. The molecule has 2 heterocycles. The SMILES string of the molecule is Cc1cc(C(=O)O)nn1Cc1cc(Cl)ccc1OCc1ccccc1.Cc1cc(NC(=O)OC(C)(C)C)nn1Cc1cc(Cl)ccc1OCc1ccccc1. The van der Waals surface area contributed by atoms with E-state index < -0.39 is 17.7 Å². The Kier molecular flexibility index (Phi) is 13.6. The third kappa shape index (κ3) is 12.4. The first-order valence-electron chi connectivity index (χ1n) is 17.4. The monoisotopic (exact) mass is 783 g/mol. The van der Waals surface area contributed by atoms with Gasteiger partial charge in [0, 0.05) is 38.6 Å². The predicted octanol–water partition coefficient (Wildman–Crippen LogP) is 9.99. The van der Waals surface area contributed by atoms with E-state index in [1.54, 1.807) is 27.6 Å². The lowest BCUT2D eigenvalue weighted by molar-refractivity contribution is 0.0633. The normalized spacial score (nSPS) is 11.0. The Balaban J connectivity index is 0.000000214. The summed E-state index contributed by atoms with van der Waals surface area (Å²) in [6.45, 7) is 10.9. The fourth-order valence-electron chi connectivity index (χ4n) is 5.33. The maximum atomic E-state index is 12.0. The minimum atomic E-state index is -1.05. The highest BCUT2D eigenvalue weighted by Crippen LogP contribution is 2.27. The number of hydrogen-bond acceptors (Lipinski definition) is 7. The molecule has 2 N–H and O–H groups in total. The molecule has 2 aromatic heterocycles. The van der Waals surface area contributed by atoms with Crippen LogP contribution in [0.2, 0.25) is 10.0 Å². The van der Waals surface area contributed by atoms with Gasteiger partial charge in [0.2, 0.25) is 0 Å². The van der Waals surface area contributed by atoms with Crippen LogP contribution in [0.25, 0.3) is 0 Å². The van der Waals surface area contributed by atoms with Gasteiger partial charge in [-0.1, -0.05) is 83.9 Å². The van der Waals surface area contributed by atoms with Gasteiger partial charge in [-0.3, -0.25) is 14.7 Å². The largest absolute Gasteiger partial charge is 0.489 e. The Morgan fingerprint density at radius 1 is 0.691 bits per heavy atom. The van der Waals surface area contributed by atoms with Crippen LogP contribution in [0.3, 0.4) is 0 Å². The number of carboxylic acid groups (broad SMARTS) is 1. The van der Waals surface area contributed by atoms with E-state index in [4.69, 9.17) is 42.5 Å². The number of halogens is 2. The van der Waals surface area contributed by atoms with Crippen LogP contribution in [0.4, 0.5) is 10.6 Å². The lowest BCUT2D eigenvalue weighted by Gasteiger charge is -2.19. The first-order chi connectivity index (χ1) is 26.2. The van der Waals surface area contributed by atoms with Crippen molar-refractivity contribution in [1.29, 1.82) is 0 Å². The molecule has 13 heteroatoms. The smallest absolute Gasteiger partial charge is 0.413 e. The zero-order valence-corrected chi connectivity index (χ0v) is 32.8. The Labute approximate surface area is 330 Å². The fraction of sp³-hybridized carbons (Fsp3) is 0.238. The highest BCUT2D eigenvalue weighted by atomic mass is 35.5. The number of aromatic nitrogens is 4. The predicted molar refractivity (Wildman–Crippen MR) is 213 cm³/mol. The topological polar surface area (TPSA) is 130 Å². The van der Waals surface area contributed by atoms with Gasteiger partial charge in [-0.05, 0) is 88.2 Å². The standard InChI is InChI=1S/C23H26ClN3O3.C19H17ClN2O3/c1-16-12-21(25-22(28)30-23(2,3)4)26-27(16)14-18-13-19(24)10-11-20(18)29-15-17-8-6-5-7-9-17;1-13-9-17(19(23)24)21-22(13)11-15-10-16(20)7-8-18(15)25-12-14-5-3-2-4-6-14/h5-13H,14-15H2,1-4H3,(H,25,26,28);2-10H,11-12H2,1H3,(H,23,24). The average Bonchev–Trinajstić information content (AvgIpc) is 3.67.